The van der Waals surface area contributed by atoms with Gasteiger partial charge in [-0.2, -0.15) is 0 Å². The molecule has 68 valence electrons. The maximum atomic E-state index is 10.4. The highest BCUT2D eigenvalue weighted by Crippen LogP contribution is 2.24. The minimum Gasteiger partial charge on any atom is -0.438 e. The summed E-state index contributed by atoms with van der Waals surface area (Å²) in [5.74, 6) is 0.406. The van der Waals surface area contributed by atoms with Crippen LogP contribution in [-0.4, -0.2) is 11.2 Å². The lowest BCUT2D eigenvalue weighted by molar-refractivity contribution is -0.574. The Morgan fingerprint density at radius 2 is 2.33 bits per heavy atom. The molecule has 0 aromatic rings. The van der Waals surface area contributed by atoms with Crippen LogP contribution in [0.5, 0.6) is 0 Å². The molecule has 12 heavy (non-hydrogen) atoms. The van der Waals surface area contributed by atoms with Gasteiger partial charge in [0.25, 0.3) is 0 Å². The third-order valence-electron chi connectivity index (χ3n) is 1.86. The quantitative estimate of drug-likeness (QED) is 0.480. The summed E-state index contributed by atoms with van der Waals surface area (Å²) in [7, 11) is 0. The van der Waals surface area contributed by atoms with Crippen molar-refractivity contribution in [2.45, 2.75) is 26.5 Å². The van der Waals surface area contributed by atoms with E-state index in [9.17, 15) is 10.1 Å². The maximum absolute atomic E-state index is 10.4. The van der Waals surface area contributed by atoms with Gasteiger partial charge in [-0.15, -0.1) is 0 Å². The monoisotopic (exact) mass is 171 g/mol. The fraction of sp³-hybridized carbons (Fsp3) is 0.750. The summed E-state index contributed by atoms with van der Waals surface area (Å²) in [6, 6.07) is 0. The van der Waals surface area contributed by atoms with Gasteiger partial charge >= 0.3 is 6.23 Å². The first-order chi connectivity index (χ1) is 5.61. The second kappa shape index (κ2) is 3.56. The SMILES string of the molecule is CC(C)C[C@@H]1C=CO[C@H]1[N+](=O)[O-]. The van der Waals surface area contributed by atoms with Gasteiger partial charge in [0.05, 0.1) is 17.1 Å². The molecule has 0 radical (unpaired) electrons. The van der Waals surface area contributed by atoms with E-state index in [-0.39, 0.29) is 10.8 Å². The van der Waals surface area contributed by atoms with Crippen LogP contribution in [0.4, 0.5) is 0 Å². The van der Waals surface area contributed by atoms with Crippen molar-refractivity contribution in [2.24, 2.45) is 11.8 Å². The van der Waals surface area contributed by atoms with Gasteiger partial charge < -0.3 is 4.74 Å². The zero-order valence-corrected chi connectivity index (χ0v) is 7.27. The molecule has 0 aromatic heterocycles. The van der Waals surface area contributed by atoms with Crippen LogP contribution in [0.1, 0.15) is 20.3 Å². The van der Waals surface area contributed by atoms with Gasteiger partial charge in [-0.3, -0.25) is 10.1 Å². The Morgan fingerprint density at radius 1 is 1.67 bits per heavy atom. The van der Waals surface area contributed by atoms with E-state index in [0.717, 1.165) is 6.42 Å². The molecule has 0 saturated heterocycles. The van der Waals surface area contributed by atoms with Crippen molar-refractivity contribution in [2.75, 3.05) is 0 Å². The Morgan fingerprint density at radius 3 is 2.83 bits per heavy atom. The molecule has 0 bridgehead atoms. The number of rotatable bonds is 3. The van der Waals surface area contributed by atoms with Crippen LogP contribution in [0.2, 0.25) is 0 Å². The smallest absolute Gasteiger partial charge is 0.359 e. The van der Waals surface area contributed by atoms with E-state index in [1.54, 1.807) is 6.08 Å². The first kappa shape index (κ1) is 9.03. The summed E-state index contributed by atoms with van der Waals surface area (Å²) in [6.45, 7) is 4.09. The molecule has 1 aliphatic heterocycles. The highest BCUT2D eigenvalue weighted by atomic mass is 16.7. The Kier molecular flexibility index (Phi) is 2.68. The molecule has 4 heteroatoms. The lowest BCUT2D eigenvalue weighted by atomic mass is 9.97. The first-order valence-corrected chi connectivity index (χ1v) is 4.07. The molecule has 4 nitrogen and oxygen atoms in total. The van der Waals surface area contributed by atoms with E-state index in [2.05, 4.69) is 0 Å². The summed E-state index contributed by atoms with van der Waals surface area (Å²) in [5.41, 5.74) is 0. The Labute approximate surface area is 71.4 Å². The van der Waals surface area contributed by atoms with Crippen molar-refractivity contribution in [3.63, 3.8) is 0 Å². The largest absolute Gasteiger partial charge is 0.438 e. The molecular formula is C8H13NO3. The van der Waals surface area contributed by atoms with Gasteiger partial charge in [0.1, 0.15) is 0 Å². The molecule has 0 amide bonds. The fourth-order valence-corrected chi connectivity index (χ4v) is 1.37. The number of ether oxygens (including phenoxy) is 1. The molecule has 1 aliphatic rings. The van der Waals surface area contributed by atoms with Crippen LogP contribution in [0.3, 0.4) is 0 Å². The third kappa shape index (κ3) is 1.96. The number of nitro groups is 1. The summed E-state index contributed by atoms with van der Waals surface area (Å²) in [6.07, 6.45) is 3.16. The van der Waals surface area contributed by atoms with Gasteiger partial charge in [-0.25, -0.2) is 0 Å². The average Bonchev–Trinajstić information content (AvgIpc) is 2.33. The van der Waals surface area contributed by atoms with E-state index < -0.39 is 6.23 Å². The zero-order chi connectivity index (χ0) is 9.14. The lowest BCUT2D eigenvalue weighted by Crippen LogP contribution is -2.26. The second-order valence-electron chi connectivity index (χ2n) is 3.43. The van der Waals surface area contributed by atoms with Crippen molar-refractivity contribution in [1.29, 1.82) is 0 Å². The van der Waals surface area contributed by atoms with Crippen molar-refractivity contribution in [3.8, 4) is 0 Å². The summed E-state index contributed by atoms with van der Waals surface area (Å²) in [5, 5.41) is 10.4. The van der Waals surface area contributed by atoms with Crippen molar-refractivity contribution < 1.29 is 9.66 Å². The minimum atomic E-state index is -0.854. The molecule has 0 N–H and O–H groups in total. The molecule has 1 rings (SSSR count). The first-order valence-electron chi connectivity index (χ1n) is 4.07. The van der Waals surface area contributed by atoms with Gasteiger partial charge in [0.2, 0.25) is 0 Å². The van der Waals surface area contributed by atoms with Crippen LogP contribution in [0.25, 0.3) is 0 Å². The van der Waals surface area contributed by atoms with E-state index in [4.69, 9.17) is 4.74 Å². The van der Waals surface area contributed by atoms with Crippen LogP contribution in [0, 0.1) is 22.0 Å². The standard InChI is InChI=1S/C8H13NO3/c1-6(2)5-7-3-4-12-8(7)9(10)11/h3-4,6-8H,5H2,1-2H3/t7-,8+/m0/s1. The number of hydrogen-bond donors (Lipinski definition) is 0. The van der Waals surface area contributed by atoms with Crippen LogP contribution < -0.4 is 0 Å². The summed E-state index contributed by atoms with van der Waals surface area (Å²) in [4.78, 5) is 10.1. The molecule has 0 spiro atoms. The third-order valence-corrected chi connectivity index (χ3v) is 1.86. The average molecular weight is 171 g/mol. The molecular weight excluding hydrogens is 158 g/mol. The van der Waals surface area contributed by atoms with Gasteiger partial charge in [0, 0.05) is 0 Å². The number of hydrogen-bond acceptors (Lipinski definition) is 3. The molecule has 2 atom stereocenters. The Bertz CT molecular complexity index is 200. The normalized spacial score (nSPS) is 27.6. The predicted molar refractivity (Wildman–Crippen MR) is 44.0 cm³/mol. The zero-order valence-electron chi connectivity index (χ0n) is 7.27. The van der Waals surface area contributed by atoms with Crippen LogP contribution in [-0.2, 0) is 4.74 Å². The summed E-state index contributed by atoms with van der Waals surface area (Å²) < 4.78 is 4.85. The predicted octanol–water partition coefficient (Wildman–Crippen LogP) is 1.80. The highest BCUT2D eigenvalue weighted by molar-refractivity contribution is 4.92. The molecule has 0 unspecified atom stereocenters. The Balaban J connectivity index is 2.51. The summed E-state index contributed by atoms with van der Waals surface area (Å²) >= 11 is 0. The van der Waals surface area contributed by atoms with Gasteiger partial charge in [0.15, 0.2) is 0 Å². The molecule has 0 fully saturated rings. The van der Waals surface area contributed by atoms with Crippen LogP contribution in [0.15, 0.2) is 12.3 Å². The maximum Gasteiger partial charge on any atom is 0.359 e. The van der Waals surface area contributed by atoms with E-state index >= 15 is 0 Å². The van der Waals surface area contributed by atoms with Crippen LogP contribution >= 0.6 is 0 Å². The lowest BCUT2D eigenvalue weighted by Gasteiger charge is -2.12. The molecule has 0 saturated carbocycles. The minimum absolute atomic E-state index is 0.0556. The highest BCUT2D eigenvalue weighted by Gasteiger charge is 2.34. The number of nitrogens with zero attached hydrogens (tertiary/aromatic N) is 1. The molecule has 0 aliphatic carbocycles. The van der Waals surface area contributed by atoms with E-state index in [1.165, 1.54) is 6.26 Å². The van der Waals surface area contributed by atoms with E-state index in [1.807, 2.05) is 13.8 Å². The van der Waals surface area contributed by atoms with Gasteiger partial charge in [-0.05, 0) is 18.4 Å². The van der Waals surface area contributed by atoms with Crippen molar-refractivity contribution in [1.82, 2.24) is 0 Å². The fourth-order valence-electron chi connectivity index (χ4n) is 1.37. The van der Waals surface area contributed by atoms with Gasteiger partial charge in [-0.1, -0.05) is 13.8 Å². The van der Waals surface area contributed by atoms with E-state index in [0.29, 0.717) is 5.92 Å². The van der Waals surface area contributed by atoms with Crippen molar-refractivity contribution >= 4 is 0 Å². The molecule has 0 aromatic carbocycles. The molecule has 1 heterocycles. The Hall–Kier alpha value is -1.06. The van der Waals surface area contributed by atoms with Crippen molar-refractivity contribution in [3.05, 3.63) is 22.5 Å². The topological polar surface area (TPSA) is 52.4 Å². The second-order valence-corrected chi connectivity index (χ2v) is 3.43.